The predicted molar refractivity (Wildman–Crippen MR) is 123 cm³/mol. The molecule has 1 aliphatic rings. The van der Waals surface area contributed by atoms with E-state index in [1.165, 1.54) is 6.33 Å². The predicted octanol–water partition coefficient (Wildman–Crippen LogP) is 3.35. The number of benzene rings is 1. The van der Waals surface area contributed by atoms with Crippen molar-refractivity contribution >= 4 is 11.8 Å². The van der Waals surface area contributed by atoms with Crippen molar-refractivity contribution in [1.29, 1.82) is 0 Å². The summed E-state index contributed by atoms with van der Waals surface area (Å²) in [6.07, 6.45) is 7.00. The number of carbonyl (C=O) groups excluding carboxylic acids is 2. The van der Waals surface area contributed by atoms with Crippen LogP contribution in [0.5, 0.6) is 0 Å². The first-order chi connectivity index (χ1) is 15.9. The van der Waals surface area contributed by atoms with Crippen LogP contribution in [0.1, 0.15) is 47.1 Å². The smallest absolute Gasteiger partial charge is 0.259 e. The largest absolute Gasteiger partial charge is 0.361 e. The van der Waals surface area contributed by atoms with Gasteiger partial charge in [-0.15, -0.1) is 0 Å². The summed E-state index contributed by atoms with van der Waals surface area (Å²) in [5, 5.41) is 6.95. The highest BCUT2D eigenvalue weighted by Gasteiger charge is 2.44. The molecule has 2 amide bonds. The minimum Gasteiger partial charge on any atom is -0.361 e. The Hall–Kier alpha value is -3.55. The number of aromatic nitrogens is 3. The SMILES string of the molecule is CCNC(=O)C1(Cc2ccccc2-c2cncnc2)CCCN(C(=O)c2c(C)noc2C)C1. The number of aryl methyl sites for hydroxylation is 2. The molecule has 1 N–H and O–H groups in total. The molecule has 0 aliphatic carbocycles. The minimum atomic E-state index is -0.741. The molecule has 8 nitrogen and oxygen atoms in total. The maximum Gasteiger partial charge on any atom is 0.259 e. The lowest BCUT2D eigenvalue weighted by Gasteiger charge is -2.42. The molecule has 172 valence electrons. The maximum absolute atomic E-state index is 13.5. The maximum atomic E-state index is 13.5. The van der Waals surface area contributed by atoms with E-state index in [1.54, 1.807) is 31.1 Å². The molecule has 33 heavy (non-hydrogen) atoms. The summed E-state index contributed by atoms with van der Waals surface area (Å²) < 4.78 is 5.22. The van der Waals surface area contributed by atoms with Gasteiger partial charge in [0, 0.05) is 37.6 Å². The second-order valence-corrected chi connectivity index (χ2v) is 8.63. The fraction of sp³-hybridized carbons (Fsp3) is 0.400. The number of likely N-dealkylation sites (tertiary alicyclic amines) is 1. The molecule has 2 aromatic heterocycles. The average Bonchev–Trinajstić information content (AvgIpc) is 3.17. The summed E-state index contributed by atoms with van der Waals surface area (Å²) >= 11 is 0. The third kappa shape index (κ3) is 4.51. The number of carbonyl (C=O) groups is 2. The van der Waals surface area contributed by atoms with Crippen molar-refractivity contribution in [3.05, 3.63) is 65.6 Å². The van der Waals surface area contributed by atoms with Crippen molar-refractivity contribution in [3.8, 4) is 11.1 Å². The zero-order valence-corrected chi connectivity index (χ0v) is 19.3. The van der Waals surface area contributed by atoms with Crippen molar-refractivity contribution < 1.29 is 14.1 Å². The molecule has 1 fully saturated rings. The van der Waals surface area contributed by atoms with Crippen LogP contribution in [0.2, 0.25) is 0 Å². The van der Waals surface area contributed by atoms with Crippen LogP contribution < -0.4 is 5.32 Å². The molecule has 3 aromatic rings. The number of hydrogen-bond donors (Lipinski definition) is 1. The minimum absolute atomic E-state index is 0.0274. The third-order valence-corrected chi connectivity index (χ3v) is 6.35. The highest BCUT2D eigenvalue weighted by molar-refractivity contribution is 5.97. The number of nitrogens with one attached hydrogen (secondary N) is 1. The van der Waals surface area contributed by atoms with Gasteiger partial charge < -0.3 is 14.7 Å². The Bertz CT molecular complexity index is 1120. The van der Waals surface area contributed by atoms with Gasteiger partial charge >= 0.3 is 0 Å². The molecule has 1 aromatic carbocycles. The van der Waals surface area contributed by atoms with E-state index in [2.05, 4.69) is 20.4 Å². The van der Waals surface area contributed by atoms with E-state index in [1.807, 2.05) is 31.2 Å². The van der Waals surface area contributed by atoms with Crippen LogP contribution in [0.3, 0.4) is 0 Å². The summed E-state index contributed by atoms with van der Waals surface area (Å²) in [6, 6.07) is 8.01. The van der Waals surface area contributed by atoms with Crippen molar-refractivity contribution in [2.45, 2.75) is 40.0 Å². The Morgan fingerprint density at radius 2 is 1.94 bits per heavy atom. The Labute approximate surface area is 193 Å². The summed E-state index contributed by atoms with van der Waals surface area (Å²) in [7, 11) is 0. The molecule has 0 spiro atoms. The van der Waals surface area contributed by atoms with Crippen molar-refractivity contribution in [2.75, 3.05) is 19.6 Å². The summed E-state index contributed by atoms with van der Waals surface area (Å²) in [4.78, 5) is 36.9. The van der Waals surface area contributed by atoms with E-state index in [0.717, 1.165) is 23.1 Å². The molecule has 0 radical (unpaired) electrons. The van der Waals surface area contributed by atoms with Crippen LogP contribution >= 0.6 is 0 Å². The molecule has 0 saturated carbocycles. The Kier molecular flexibility index (Phi) is 6.53. The number of amides is 2. The molecule has 4 rings (SSSR count). The lowest BCUT2D eigenvalue weighted by Crippen LogP contribution is -2.54. The highest BCUT2D eigenvalue weighted by atomic mass is 16.5. The summed E-state index contributed by atoms with van der Waals surface area (Å²) in [5.74, 6) is 0.339. The van der Waals surface area contributed by atoms with E-state index in [-0.39, 0.29) is 11.8 Å². The topological polar surface area (TPSA) is 101 Å². The van der Waals surface area contributed by atoms with Gasteiger partial charge in [-0.3, -0.25) is 9.59 Å². The van der Waals surface area contributed by atoms with Crippen LogP contribution in [0, 0.1) is 19.3 Å². The lowest BCUT2D eigenvalue weighted by molar-refractivity contribution is -0.133. The Balaban J connectivity index is 1.70. The van der Waals surface area contributed by atoms with Crippen molar-refractivity contribution in [1.82, 2.24) is 25.3 Å². The van der Waals surface area contributed by atoms with Gasteiger partial charge in [0.15, 0.2) is 0 Å². The third-order valence-electron chi connectivity index (χ3n) is 6.35. The van der Waals surface area contributed by atoms with E-state index in [4.69, 9.17) is 4.52 Å². The molecule has 0 bridgehead atoms. The molecule has 8 heteroatoms. The second-order valence-electron chi connectivity index (χ2n) is 8.63. The van der Waals surface area contributed by atoms with Gasteiger partial charge in [-0.2, -0.15) is 0 Å². The first kappa shape index (κ1) is 22.6. The molecular formula is C25H29N5O3. The van der Waals surface area contributed by atoms with Gasteiger partial charge in [0.2, 0.25) is 5.91 Å². The van der Waals surface area contributed by atoms with Gasteiger partial charge in [0.1, 0.15) is 17.7 Å². The van der Waals surface area contributed by atoms with Crippen LogP contribution in [-0.4, -0.2) is 51.5 Å². The molecule has 1 saturated heterocycles. The Morgan fingerprint density at radius 1 is 1.18 bits per heavy atom. The standard InChI is InChI=1S/C25H29N5O3/c1-4-28-24(32)25(12-19-8-5-6-9-21(19)20-13-26-16-27-14-20)10-7-11-30(15-25)23(31)22-17(2)29-33-18(22)3/h5-6,8-9,13-14,16H,4,7,10-12,15H2,1-3H3,(H,28,32). The van der Waals surface area contributed by atoms with Gasteiger partial charge in [-0.1, -0.05) is 29.4 Å². The Morgan fingerprint density at radius 3 is 2.64 bits per heavy atom. The van der Waals surface area contributed by atoms with Crippen LogP contribution in [0.15, 0.2) is 47.5 Å². The first-order valence-electron chi connectivity index (χ1n) is 11.3. The second kappa shape index (κ2) is 9.52. The zero-order valence-electron chi connectivity index (χ0n) is 19.3. The van der Waals surface area contributed by atoms with E-state index < -0.39 is 5.41 Å². The van der Waals surface area contributed by atoms with Gasteiger partial charge in [-0.25, -0.2) is 9.97 Å². The molecule has 1 atom stereocenters. The fourth-order valence-electron chi connectivity index (χ4n) is 4.77. The molecule has 1 unspecified atom stereocenters. The van der Waals surface area contributed by atoms with Crippen LogP contribution in [0.4, 0.5) is 0 Å². The molecule has 3 heterocycles. The van der Waals surface area contributed by atoms with Gasteiger partial charge in [-0.05, 0) is 51.2 Å². The summed E-state index contributed by atoms with van der Waals surface area (Å²) in [6.45, 7) is 6.89. The first-order valence-corrected chi connectivity index (χ1v) is 11.3. The highest BCUT2D eigenvalue weighted by Crippen LogP contribution is 2.37. The van der Waals surface area contributed by atoms with Crippen LogP contribution in [0.25, 0.3) is 11.1 Å². The average molecular weight is 448 g/mol. The molecule has 1 aliphatic heterocycles. The van der Waals surface area contributed by atoms with Gasteiger partial charge in [0.05, 0.1) is 11.1 Å². The van der Waals surface area contributed by atoms with E-state index in [0.29, 0.717) is 49.5 Å². The number of hydrogen-bond acceptors (Lipinski definition) is 6. The van der Waals surface area contributed by atoms with Crippen LogP contribution in [-0.2, 0) is 11.2 Å². The number of rotatable bonds is 6. The zero-order chi connectivity index (χ0) is 23.4. The normalized spacial score (nSPS) is 18.2. The van der Waals surface area contributed by atoms with Crippen molar-refractivity contribution in [2.24, 2.45) is 5.41 Å². The lowest BCUT2D eigenvalue weighted by atomic mass is 9.73. The van der Waals surface area contributed by atoms with Gasteiger partial charge in [0.25, 0.3) is 5.91 Å². The quantitative estimate of drug-likeness (QED) is 0.622. The monoisotopic (exact) mass is 447 g/mol. The number of piperidine rings is 1. The number of nitrogens with zero attached hydrogens (tertiary/aromatic N) is 4. The molecular weight excluding hydrogens is 418 g/mol. The van der Waals surface area contributed by atoms with Crippen molar-refractivity contribution in [3.63, 3.8) is 0 Å². The van der Waals surface area contributed by atoms with E-state index in [9.17, 15) is 9.59 Å². The summed E-state index contributed by atoms with van der Waals surface area (Å²) in [5.41, 5.74) is 3.25. The van der Waals surface area contributed by atoms with E-state index >= 15 is 0 Å². The fourth-order valence-corrected chi connectivity index (χ4v) is 4.77.